The Morgan fingerprint density at radius 3 is 2.31 bits per heavy atom. The van der Waals surface area contributed by atoms with Gasteiger partial charge in [0.05, 0.1) is 15.7 Å². The lowest BCUT2D eigenvalue weighted by atomic mass is 10.1. The van der Waals surface area contributed by atoms with Crippen molar-refractivity contribution < 1.29 is 14.3 Å². The van der Waals surface area contributed by atoms with Crippen molar-refractivity contribution in [2.24, 2.45) is 0 Å². The van der Waals surface area contributed by atoms with E-state index in [2.05, 4.69) is 11.4 Å². The Morgan fingerprint density at radius 1 is 0.829 bits per heavy atom. The van der Waals surface area contributed by atoms with Gasteiger partial charge in [0.15, 0.2) is 5.75 Å². The molecular weight excluding hydrogens is 507 g/mol. The Balaban J connectivity index is 1.35. The summed E-state index contributed by atoms with van der Waals surface area (Å²) in [5.74, 6) is -0.174. The Hall–Kier alpha value is -3.51. The Bertz CT molecular complexity index is 1490. The van der Waals surface area contributed by atoms with Gasteiger partial charge in [-0.2, -0.15) is 0 Å². The molecule has 5 nitrogen and oxygen atoms in total. The maximum atomic E-state index is 12.9. The van der Waals surface area contributed by atoms with E-state index in [4.69, 9.17) is 39.5 Å². The summed E-state index contributed by atoms with van der Waals surface area (Å²) in [7, 11) is 0. The van der Waals surface area contributed by atoms with E-state index in [1.165, 1.54) is 12.1 Å². The molecule has 0 bridgehead atoms. The second-order valence-electron chi connectivity index (χ2n) is 7.89. The molecule has 3 amide bonds. The van der Waals surface area contributed by atoms with Crippen molar-refractivity contribution in [1.29, 1.82) is 0 Å². The van der Waals surface area contributed by atoms with Gasteiger partial charge >= 0.3 is 6.03 Å². The number of fused-ring (bicyclic) bond motifs is 1. The lowest BCUT2D eigenvalue weighted by Gasteiger charge is -2.12. The number of carbonyl (C=O) groups excluding carboxylic acids is 2. The van der Waals surface area contributed by atoms with Crippen LogP contribution < -0.4 is 15.0 Å². The standard InChI is InChI=1S/C27H17Cl3N2O3/c28-20-6-3-7-21(14-20)32-26(33)24(31-27(32)34)13-17-11-22(29)25(23(30)12-17)35-15-16-8-9-18-4-1-2-5-19(18)10-16/h1-14H,15H2,(H,31,34)/b24-13+. The SMILES string of the molecule is O=C1N/C(=C/c2cc(Cl)c(OCc3ccc4ccccc4c3)c(Cl)c2)C(=O)N1c1cccc(Cl)c1. The van der Waals surface area contributed by atoms with Crippen molar-refractivity contribution in [3.05, 3.63) is 111 Å². The minimum absolute atomic E-state index is 0.0898. The van der Waals surface area contributed by atoms with Gasteiger partial charge in [0.25, 0.3) is 5.91 Å². The molecule has 5 rings (SSSR count). The van der Waals surface area contributed by atoms with Crippen LogP contribution in [0.4, 0.5) is 10.5 Å². The van der Waals surface area contributed by atoms with E-state index in [9.17, 15) is 9.59 Å². The first-order valence-electron chi connectivity index (χ1n) is 10.6. The quantitative estimate of drug-likeness (QED) is 0.218. The van der Waals surface area contributed by atoms with Gasteiger partial charge in [-0.3, -0.25) is 4.79 Å². The van der Waals surface area contributed by atoms with Gasteiger partial charge in [0, 0.05) is 5.02 Å². The van der Waals surface area contributed by atoms with Gasteiger partial charge in [-0.1, -0.05) is 77.3 Å². The number of benzene rings is 4. The van der Waals surface area contributed by atoms with Crippen molar-refractivity contribution in [3.63, 3.8) is 0 Å². The minimum Gasteiger partial charge on any atom is -0.486 e. The average Bonchev–Trinajstić information content (AvgIpc) is 3.11. The summed E-state index contributed by atoms with van der Waals surface area (Å²) in [5, 5.41) is 5.82. The zero-order valence-corrected chi connectivity index (χ0v) is 20.4. The van der Waals surface area contributed by atoms with Crippen molar-refractivity contribution in [3.8, 4) is 5.75 Å². The molecule has 1 aliphatic rings. The molecule has 0 atom stereocenters. The van der Waals surface area contributed by atoms with E-state index in [1.54, 1.807) is 30.3 Å². The normalized spacial score (nSPS) is 14.6. The highest BCUT2D eigenvalue weighted by molar-refractivity contribution is 6.37. The molecule has 0 aliphatic carbocycles. The zero-order valence-electron chi connectivity index (χ0n) is 18.1. The summed E-state index contributed by atoms with van der Waals surface area (Å²) in [6.45, 7) is 0.286. The summed E-state index contributed by atoms with van der Waals surface area (Å²) in [6.07, 6.45) is 1.51. The van der Waals surface area contributed by atoms with Crippen LogP contribution in [0.1, 0.15) is 11.1 Å². The summed E-state index contributed by atoms with van der Waals surface area (Å²) in [6, 6.07) is 23.3. The number of rotatable bonds is 5. The van der Waals surface area contributed by atoms with Gasteiger partial charge in [0.1, 0.15) is 12.3 Å². The first-order valence-corrected chi connectivity index (χ1v) is 11.7. The lowest BCUT2D eigenvalue weighted by molar-refractivity contribution is -0.113. The molecule has 0 radical (unpaired) electrons. The monoisotopic (exact) mass is 522 g/mol. The van der Waals surface area contributed by atoms with E-state index < -0.39 is 11.9 Å². The molecule has 0 spiro atoms. The zero-order chi connectivity index (χ0) is 24.5. The van der Waals surface area contributed by atoms with Crippen molar-refractivity contribution in [2.45, 2.75) is 6.61 Å². The number of carbonyl (C=O) groups is 2. The molecule has 0 saturated carbocycles. The fourth-order valence-electron chi connectivity index (χ4n) is 3.84. The number of urea groups is 1. The van der Waals surface area contributed by atoms with Gasteiger partial charge in [-0.05, 0) is 64.4 Å². The highest BCUT2D eigenvalue weighted by Gasteiger charge is 2.35. The topological polar surface area (TPSA) is 58.6 Å². The number of anilines is 1. The van der Waals surface area contributed by atoms with E-state index in [0.717, 1.165) is 21.2 Å². The molecule has 8 heteroatoms. The highest BCUT2D eigenvalue weighted by Crippen LogP contribution is 2.36. The molecule has 1 N–H and O–H groups in total. The van der Waals surface area contributed by atoms with Gasteiger partial charge in [-0.15, -0.1) is 0 Å². The Morgan fingerprint density at radius 2 is 1.57 bits per heavy atom. The second kappa shape index (κ2) is 9.62. The number of halogens is 3. The largest absolute Gasteiger partial charge is 0.486 e. The van der Waals surface area contributed by atoms with Crippen molar-refractivity contribution in [1.82, 2.24) is 5.32 Å². The van der Waals surface area contributed by atoms with Crippen LogP contribution in [0.5, 0.6) is 5.75 Å². The fraction of sp³-hybridized carbons (Fsp3) is 0.0370. The lowest BCUT2D eigenvalue weighted by Crippen LogP contribution is -2.30. The number of nitrogens with one attached hydrogen (secondary N) is 1. The van der Waals surface area contributed by atoms with Gasteiger partial charge in [-0.25, -0.2) is 9.69 Å². The molecule has 4 aromatic rings. The molecule has 1 aliphatic heterocycles. The van der Waals surface area contributed by atoms with E-state index in [1.807, 2.05) is 36.4 Å². The molecule has 174 valence electrons. The summed E-state index contributed by atoms with van der Waals surface area (Å²) < 4.78 is 5.91. The maximum Gasteiger partial charge on any atom is 0.333 e. The van der Waals surface area contributed by atoms with Crippen LogP contribution in [0.25, 0.3) is 16.8 Å². The number of nitrogens with zero attached hydrogens (tertiary/aromatic N) is 1. The summed E-state index contributed by atoms with van der Waals surface area (Å²) in [5.41, 5.74) is 1.97. The first kappa shape index (κ1) is 23.2. The molecule has 0 aromatic heterocycles. The van der Waals surface area contributed by atoms with E-state index in [0.29, 0.717) is 22.0 Å². The predicted octanol–water partition coefficient (Wildman–Crippen LogP) is 7.48. The highest BCUT2D eigenvalue weighted by atomic mass is 35.5. The molecule has 0 unspecified atom stereocenters. The van der Waals surface area contributed by atoms with Crippen LogP contribution in [-0.4, -0.2) is 11.9 Å². The molecule has 1 heterocycles. The molecule has 1 saturated heterocycles. The molecular formula is C27H17Cl3N2O3. The van der Waals surface area contributed by atoms with Crippen LogP contribution in [-0.2, 0) is 11.4 Å². The van der Waals surface area contributed by atoms with Crippen LogP contribution in [0.2, 0.25) is 15.1 Å². The summed E-state index contributed by atoms with van der Waals surface area (Å²) in [4.78, 5) is 26.3. The van der Waals surface area contributed by atoms with E-state index in [-0.39, 0.29) is 22.3 Å². The van der Waals surface area contributed by atoms with Crippen LogP contribution in [0, 0.1) is 0 Å². The number of hydrogen-bond acceptors (Lipinski definition) is 3. The van der Waals surface area contributed by atoms with Crippen molar-refractivity contribution in [2.75, 3.05) is 4.90 Å². The number of amides is 3. The van der Waals surface area contributed by atoms with E-state index >= 15 is 0 Å². The molecule has 1 fully saturated rings. The average molecular weight is 524 g/mol. The number of ether oxygens (including phenoxy) is 1. The third kappa shape index (κ3) is 4.84. The Labute approximate surface area is 216 Å². The fourth-order valence-corrected chi connectivity index (χ4v) is 4.63. The number of hydrogen-bond donors (Lipinski definition) is 1. The first-order chi connectivity index (χ1) is 16.9. The van der Waals surface area contributed by atoms with Crippen LogP contribution in [0.3, 0.4) is 0 Å². The minimum atomic E-state index is -0.573. The third-order valence-electron chi connectivity index (χ3n) is 5.47. The summed E-state index contributed by atoms with van der Waals surface area (Å²) >= 11 is 18.9. The van der Waals surface area contributed by atoms with Crippen LogP contribution >= 0.6 is 34.8 Å². The third-order valence-corrected chi connectivity index (χ3v) is 6.27. The maximum absolute atomic E-state index is 12.9. The van der Waals surface area contributed by atoms with Gasteiger partial charge < -0.3 is 10.1 Å². The smallest absolute Gasteiger partial charge is 0.333 e. The Kier molecular flexibility index (Phi) is 6.39. The second-order valence-corrected chi connectivity index (χ2v) is 9.14. The molecule has 4 aromatic carbocycles. The van der Waals surface area contributed by atoms with Gasteiger partial charge in [0.2, 0.25) is 0 Å². The molecule has 35 heavy (non-hydrogen) atoms. The van der Waals surface area contributed by atoms with Crippen LogP contribution in [0.15, 0.2) is 84.6 Å². The van der Waals surface area contributed by atoms with Crippen molar-refractivity contribution >= 4 is 69.3 Å². The number of imide groups is 1. The predicted molar refractivity (Wildman–Crippen MR) is 140 cm³/mol.